The fourth-order valence-corrected chi connectivity index (χ4v) is 4.27. The highest BCUT2D eigenvalue weighted by Gasteiger charge is 2.37. The van der Waals surface area contributed by atoms with E-state index in [1.54, 1.807) is 0 Å². The molecule has 1 saturated carbocycles. The van der Waals surface area contributed by atoms with Gasteiger partial charge in [-0.05, 0) is 58.8 Å². The van der Waals surface area contributed by atoms with Crippen molar-refractivity contribution in [3.05, 3.63) is 28.2 Å². The van der Waals surface area contributed by atoms with E-state index >= 15 is 0 Å². The Kier molecular flexibility index (Phi) is 8.85. The van der Waals surface area contributed by atoms with Crippen LogP contribution in [0.3, 0.4) is 0 Å². The summed E-state index contributed by atoms with van der Waals surface area (Å²) in [7, 11) is 0. The molecule has 2 fully saturated rings. The molecule has 1 aliphatic heterocycles. The monoisotopic (exact) mass is 482 g/mol. The summed E-state index contributed by atoms with van der Waals surface area (Å²) in [4.78, 5) is 37.4. The van der Waals surface area contributed by atoms with Crippen LogP contribution in [0.25, 0.3) is 0 Å². The van der Waals surface area contributed by atoms with E-state index in [4.69, 9.17) is 4.74 Å². The maximum atomic E-state index is 12.9. The van der Waals surface area contributed by atoms with Crippen molar-refractivity contribution in [2.24, 2.45) is 5.41 Å². The number of hydrogen-bond donors (Lipinski definition) is 3. The van der Waals surface area contributed by atoms with E-state index in [1.165, 1.54) is 18.2 Å². The first kappa shape index (κ1) is 24.3. The van der Waals surface area contributed by atoms with Gasteiger partial charge >= 0.3 is 0 Å². The lowest BCUT2D eigenvalue weighted by atomic mass is 9.81. The predicted molar refractivity (Wildman–Crippen MR) is 117 cm³/mol. The molecule has 8 heteroatoms. The third-order valence-electron chi connectivity index (χ3n) is 5.57. The van der Waals surface area contributed by atoms with Gasteiger partial charge in [0.05, 0.1) is 11.1 Å². The Bertz CT molecular complexity index is 777. The second-order valence-electron chi connectivity index (χ2n) is 7.96. The van der Waals surface area contributed by atoms with Crippen LogP contribution in [0.15, 0.2) is 22.7 Å². The van der Waals surface area contributed by atoms with E-state index in [-0.39, 0.29) is 36.1 Å². The van der Waals surface area contributed by atoms with Crippen molar-refractivity contribution in [3.8, 4) is 5.75 Å². The minimum Gasteiger partial charge on any atom is -0.507 e. The first-order valence-corrected chi connectivity index (χ1v) is 11.3. The Labute approximate surface area is 186 Å². The van der Waals surface area contributed by atoms with Crippen molar-refractivity contribution in [2.45, 2.75) is 65.0 Å². The smallest absolute Gasteiger partial charge is 0.251 e. The molecule has 0 radical (unpaired) electrons. The van der Waals surface area contributed by atoms with Gasteiger partial charge in [0.1, 0.15) is 24.4 Å². The molecule has 1 heterocycles. The molecule has 30 heavy (non-hydrogen) atoms. The zero-order valence-corrected chi connectivity index (χ0v) is 19.4. The van der Waals surface area contributed by atoms with Gasteiger partial charge in [-0.3, -0.25) is 14.4 Å². The van der Waals surface area contributed by atoms with Crippen LogP contribution >= 0.6 is 15.9 Å². The van der Waals surface area contributed by atoms with Gasteiger partial charge in [0.15, 0.2) is 5.78 Å². The molecule has 3 N–H and O–H groups in total. The number of phenols is 1. The lowest BCUT2D eigenvalue weighted by Crippen LogP contribution is -2.52. The summed E-state index contributed by atoms with van der Waals surface area (Å²) in [6, 6.07) is 3.00. The Morgan fingerprint density at radius 3 is 2.53 bits per heavy atom. The number of ketones is 1. The topological polar surface area (TPSA) is 105 Å². The summed E-state index contributed by atoms with van der Waals surface area (Å²) >= 11 is 3.19. The summed E-state index contributed by atoms with van der Waals surface area (Å²) in [5.41, 5.74) is 0.306. The number of carbonyl (C=O) groups is 3. The molecule has 1 unspecified atom stereocenters. The number of benzene rings is 1. The van der Waals surface area contributed by atoms with Crippen molar-refractivity contribution < 1.29 is 24.2 Å². The number of Topliss-reactive ketones (excluding diaryl/α,β-unsaturated/α-hetero) is 1. The zero-order valence-electron chi connectivity index (χ0n) is 17.8. The van der Waals surface area contributed by atoms with Crippen molar-refractivity contribution in [2.75, 3.05) is 13.2 Å². The standard InChI is InChI=1S/C20H25BrN2O5.C2H6/c1-20(6-2-3-7-20)9-14(19(27)23-15-10-28-11-17(15)25)22-18(26)12-4-5-16(24)13(21)8-12;1-2/h4-5,8,14-15,24H,2-3,6-7,9-11H2,1H3,(H,22,26)(H,23,27);1-2H3/t14?,15-;/m0./s1. The van der Waals surface area contributed by atoms with E-state index in [9.17, 15) is 19.5 Å². The molecule has 7 nitrogen and oxygen atoms in total. The number of hydrogen-bond acceptors (Lipinski definition) is 5. The fraction of sp³-hybridized carbons (Fsp3) is 0.591. The minimum atomic E-state index is -0.753. The van der Waals surface area contributed by atoms with Gasteiger partial charge in [-0.1, -0.05) is 33.6 Å². The van der Waals surface area contributed by atoms with E-state index in [0.29, 0.717) is 16.5 Å². The predicted octanol–water partition coefficient (Wildman–Crippen LogP) is 3.33. The largest absolute Gasteiger partial charge is 0.507 e. The number of rotatable bonds is 6. The lowest BCUT2D eigenvalue weighted by Gasteiger charge is -2.29. The number of phenolic OH excluding ortho intramolecular Hbond substituents is 1. The van der Waals surface area contributed by atoms with Gasteiger partial charge < -0.3 is 20.5 Å². The Morgan fingerprint density at radius 1 is 1.30 bits per heavy atom. The Balaban J connectivity index is 0.00000155. The molecule has 2 atom stereocenters. The molecule has 1 aliphatic carbocycles. The second-order valence-corrected chi connectivity index (χ2v) is 8.81. The van der Waals surface area contributed by atoms with Crippen LogP contribution in [0.1, 0.15) is 63.2 Å². The van der Waals surface area contributed by atoms with Crippen molar-refractivity contribution in [3.63, 3.8) is 0 Å². The van der Waals surface area contributed by atoms with Gasteiger partial charge in [-0.15, -0.1) is 0 Å². The molecular formula is C22H31BrN2O5. The SMILES string of the molecule is CC.CC1(CC(NC(=O)c2ccc(O)c(Br)c2)C(=O)N[C@H]2COCC2=O)CCCC1. The summed E-state index contributed by atoms with van der Waals surface area (Å²) in [5, 5.41) is 15.2. The van der Waals surface area contributed by atoms with Crippen molar-refractivity contribution >= 4 is 33.5 Å². The summed E-state index contributed by atoms with van der Waals surface area (Å²) in [5.74, 6) is -0.906. The average Bonchev–Trinajstić information content (AvgIpc) is 3.33. The number of carbonyl (C=O) groups excluding carboxylic acids is 3. The van der Waals surface area contributed by atoms with Crippen LogP contribution in [-0.4, -0.2) is 48.0 Å². The van der Waals surface area contributed by atoms with Crippen LogP contribution < -0.4 is 10.6 Å². The minimum absolute atomic E-state index is 0.00121. The number of aromatic hydroxyl groups is 1. The molecule has 3 rings (SSSR count). The molecule has 1 aromatic rings. The van der Waals surface area contributed by atoms with E-state index in [2.05, 4.69) is 33.5 Å². The highest BCUT2D eigenvalue weighted by Crippen LogP contribution is 2.41. The molecule has 0 aromatic heterocycles. The first-order valence-electron chi connectivity index (χ1n) is 10.5. The second kappa shape index (κ2) is 10.9. The highest BCUT2D eigenvalue weighted by molar-refractivity contribution is 9.10. The summed E-state index contributed by atoms with van der Waals surface area (Å²) < 4.78 is 5.50. The Hall–Kier alpha value is -1.93. The third-order valence-corrected chi connectivity index (χ3v) is 6.21. The van der Waals surface area contributed by atoms with Gasteiger partial charge in [-0.2, -0.15) is 0 Å². The van der Waals surface area contributed by atoms with E-state index in [0.717, 1.165) is 25.7 Å². The zero-order chi connectivity index (χ0) is 22.3. The first-order chi connectivity index (χ1) is 14.3. The fourth-order valence-electron chi connectivity index (χ4n) is 3.89. The van der Waals surface area contributed by atoms with Crippen LogP contribution in [0.5, 0.6) is 5.75 Å². The third kappa shape index (κ3) is 6.28. The molecule has 0 bridgehead atoms. The van der Waals surface area contributed by atoms with Crippen LogP contribution in [0, 0.1) is 5.41 Å². The molecule has 1 aromatic carbocycles. The Morgan fingerprint density at radius 2 is 1.97 bits per heavy atom. The molecule has 0 spiro atoms. The quantitative estimate of drug-likeness (QED) is 0.576. The maximum Gasteiger partial charge on any atom is 0.251 e. The van der Waals surface area contributed by atoms with Gasteiger partial charge in [0, 0.05) is 5.56 Å². The molecular weight excluding hydrogens is 452 g/mol. The van der Waals surface area contributed by atoms with E-state index < -0.39 is 18.0 Å². The lowest BCUT2D eigenvalue weighted by molar-refractivity contribution is -0.127. The molecule has 2 aliphatic rings. The number of halogens is 1. The summed E-state index contributed by atoms with van der Waals surface area (Å²) in [6.45, 7) is 6.29. The van der Waals surface area contributed by atoms with E-state index in [1.807, 2.05) is 13.8 Å². The van der Waals surface area contributed by atoms with Crippen LogP contribution in [-0.2, 0) is 14.3 Å². The van der Waals surface area contributed by atoms with Crippen molar-refractivity contribution in [1.82, 2.24) is 10.6 Å². The number of ether oxygens (including phenoxy) is 1. The normalized spacial score (nSPS) is 20.8. The number of nitrogens with one attached hydrogen (secondary N) is 2. The summed E-state index contributed by atoms with van der Waals surface area (Å²) in [6.07, 6.45) is 4.73. The molecule has 1 saturated heterocycles. The molecule has 2 amide bonds. The van der Waals surface area contributed by atoms with Crippen LogP contribution in [0.4, 0.5) is 0 Å². The molecule has 166 valence electrons. The number of amides is 2. The highest BCUT2D eigenvalue weighted by atomic mass is 79.9. The van der Waals surface area contributed by atoms with Crippen molar-refractivity contribution in [1.29, 1.82) is 0 Å². The average molecular weight is 483 g/mol. The van der Waals surface area contributed by atoms with Gasteiger partial charge in [0.25, 0.3) is 5.91 Å². The van der Waals surface area contributed by atoms with Crippen LogP contribution in [0.2, 0.25) is 0 Å². The van der Waals surface area contributed by atoms with Gasteiger partial charge in [-0.25, -0.2) is 0 Å². The van der Waals surface area contributed by atoms with Gasteiger partial charge in [0.2, 0.25) is 5.91 Å². The maximum absolute atomic E-state index is 12.9.